The highest BCUT2D eigenvalue weighted by molar-refractivity contribution is 5.87. The van der Waals surface area contributed by atoms with Gasteiger partial charge >= 0.3 is 0 Å². The summed E-state index contributed by atoms with van der Waals surface area (Å²) in [7, 11) is 1.50. The zero-order chi connectivity index (χ0) is 27.5. The molecule has 198 valence electrons. The number of rotatable bonds is 8. The van der Waals surface area contributed by atoms with Crippen LogP contribution in [0.5, 0.6) is 0 Å². The second-order valence-corrected chi connectivity index (χ2v) is 7.20. The molecule has 1 fully saturated rings. The number of likely N-dealkylation sites (tertiary alicyclic amines) is 1. The fourth-order valence-corrected chi connectivity index (χ4v) is 2.76. The number of carbonyl (C=O) groups excluding carboxylic acids is 4. The number of hydrogen-bond acceptors (Lipinski definition) is 6. The fraction of sp³-hybridized carbons (Fsp3) is 0.480. The molecule has 1 heterocycles. The van der Waals surface area contributed by atoms with Crippen molar-refractivity contribution in [2.24, 2.45) is 5.73 Å². The first-order chi connectivity index (χ1) is 16.8. The van der Waals surface area contributed by atoms with E-state index in [1.165, 1.54) is 18.7 Å². The van der Waals surface area contributed by atoms with Gasteiger partial charge in [-0.2, -0.15) is 0 Å². The lowest BCUT2D eigenvalue weighted by Gasteiger charge is -2.18. The minimum atomic E-state index is -0.250. The predicted molar refractivity (Wildman–Crippen MR) is 138 cm³/mol. The molecule has 1 aromatic rings. The predicted octanol–water partition coefficient (Wildman–Crippen LogP) is 1.67. The highest BCUT2D eigenvalue weighted by atomic mass is 16.3. The Balaban J connectivity index is -0.000000412. The Morgan fingerprint density at radius 3 is 2.17 bits per heavy atom. The average molecular weight is 495 g/mol. The zero-order valence-corrected chi connectivity index (χ0v) is 21.3. The molecule has 0 spiro atoms. The Bertz CT molecular complexity index is 700. The molecule has 1 aliphatic rings. The van der Waals surface area contributed by atoms with Gasteiger partial charge in [-0.15, -0.1) is 0 Å². The van der Waals surface area contributed by atoms with E-state index in [0.29, 0.717) is 25.3 Å². The van der Waals surface area contributed by atoms with Crippen LogP contribution in [0.25, 0.3) is 0 Å². The molecule has 2 rings (SSSR count). The number of nitrogens with zero attached hydrogens (tertiary/aromatic N) is 1. The van der Waals surface area contributed by atoms with Crippen LogP contribution in [0.15, 0.2) is 43.0 Å². The van der Waals surface area contributed by atoms with E-state index in [1.54, 1.807) is 0 Å². The highest BCUT2D eigenvalue weighted by Gasteiger charge is 2.22. The molecule has 35 heavy (non-hydrogen) atoms. The van der Waals surface area contributed by atoms with E-state index < -0.39 is 0 Å². The number of carboxylic acid groups (broad SMARTS) is 1. The average Bonchev–Trinajstić information content (AvgIpc) is 3.30. The van der Waals surface area contributed by atoms with Gasteiger partial charge < -0.3 is 31.2 Å². The molecule has 5 N–H and O–H groups in total. The molecule has 10 heteroatoms. The minimum absolute atomic E-state index is 0.0189. The van der Waals surface area contributed by atoms with Crippen LogP contribution in [0, 0.1) is 6.92 Å². The van der Waals surface area contributed by atoms with Crippen molar-refractivity contribution in [1.29, 1.82) is 0 Å². The molecule has 0 radical (unpaired) electrons. The molecule has 3 amide bonds. The van der Waals surface area contributed by atoms with Crippen molar-refractivity contribution in [3.8, 4) is 0 Å². The van der Waals surface area contributed by atoms with Crippen molar-refractivity contribution in [1.82, 2.24) is 15.5 Å². The van der Waals surface area contributed by atoms with Gasteiger partial charge in [0.1, 0.15) is 6.29 Å². The third kappa shape index (κ3) is 23.4. The van der Waals surface area contributed by atoms with E-state index in [9.17, 15) is 19.2 Å². The summed E-state index contributed by atoms with van der Waals surface area (Å²) in [6.45, 7) is 10.1. The minimum Gasteiger partial charge on any atom is -0.483 e. The van der Waals surface area contributed by atoms with Crippen molar-refractivity contribution >= 4 is 31.0 Å². The number of aldehydes is 1. The number of carbonyl (C=O) groups is 5. The molecule has 10 nitrogen and oxygen atoms in total. The van der Waals surface area contributed by atoms with Crippen molar-refractivity contribution in [3.05, 3.63) is 48.6 Å². The van der Waals surface area contributed by atoms with Crippen molar-refractivity contribution < 1.29 is 29.1 Å². The third-order valence-corrected chi connectivity index (χ3v) is 4.42. The number of nitrogens with one attached hydrogen (secondary N) is 2. The standard InChI is InChI=1S/C8H14N2O3.C8H13NO.C7H8.CH5N.CH2O2/c1-7(3-2-4-11)10-8(13)5-9-6-12;1-3-8(10)9-6-4-5-7(9)2;1-7-5-3-2-4-6-7;1-2;2-1-3/h4,6-7H,2-3,5H2,1H3,(H,9,12)(H,10,13);3,7H,1,4-6H2,2H3;2-6H,1H3;2H2,1H3;1H,(H,2,3)/t;7-;;;/m.0.../s1. The Morgan fingerprint density at radius 2 is 1.80 bits per heavy atom. The smallest absolute Gasteiger partial charge is 0.290 e. The first-order valence-corrected chi connectivity index (χ1v) is 11.3. The Kier molecular flexibility index (Phi) is 27.5. The van der Waals surface area contributed by atoms with Gasteiger partial charge in [0.05, 0.1) is 6.54 Å². The molecular formula is C25H42N4O6. The number of hydrogen-bond donors (Lipinski definition) is 4. The summed E-state index contributed by atoms with van der Waals surface area (Å²) in [4.78, 5) is 52.0. The number of amides is 3. The quantitative estimate of drug-likeness (QED) is 0.316. The normalized spacial score (nSPS) is 13.6. The lowest BCUT2D eigenvalue weighted by Crippen LogP contribution is -2.38. The fourth-order valence-electron chi connectivity index (χ4n) is 2.76. The topological polar surface area (TPSA) is 159 Å². The maximum absolute atomic E-state index is 11.0. The summed E-state index contributed by atoms with van der Waals surface area (Å²) in [6, 6.07) is 10.6. The first-order valence-electron chi connectivity index (χ1n) is 11.3. The second kappa shape index (κ2) is 26.7. The van der Waals surface area contributed by atoms with E-state index in [1.807, 2.05) is 30.0 Å². The van der Waals surface area contributed by atoms with Crippen LogP contribution in [-0.2, 0) is 24.0 Å². The van der Waals surface area contributed by atoms with Gasteiger partial charge in [-0.25, -0.2) is 0 Å². The number of nitrogens with two attached hydrogens (primary N) is 1. The summed E-state index contributed by atoms with van der Waals surface area (Å²) in [5.41, 5.74) is 5.82. The van der Waals surface area contributed by atoms with Crippen LogP contribution >= 0.6 is 0 Å². The van der Waals surface area contributed by atoms with Crippen molar-refractivity contribution in [3.63, 3.8) is 0 Å². The van der Waals surface area contributed by atoms with Crippen molar-refractivity contribution in [2.75, 3.05) is 20.1 Å². The van der Waals surface area contributed by atoms with Crippen LogP contribution in [0.2, 0.25) is 0 Å². The molecule has 2 atom stereocenters. The van der Waals surface area contributed by atoms with E-state index >= 15 is 0 Å². The van der Waals surface area contributed by atoms with Crippen LogP contribution in [0.4, 0.5) is 0 Å². The van der Waals surface area contributed by atoms with E-state index in [0.717, 1.165) is 25.7 Å². The van der Waals surface area contributed by atoms with Gasteiger partial charge in [-0.05, 0) is 53.2 Å². The van der Waals surface area contributed by atoms with Gasteiger partial charge in [-0.3, -0.25) is 19.2 Å². The second-order valence-electron chi connectivity index (χ2n) is 7.20. The third-order valence-electron chi connectivity index (χ3n) is 4.42. The maximum Gasteiger partial charge on any atom is 0.290 e. The van der Waals surface area contributed by atoms with E-state index in [-0.39, 0.29) is 30.9 Å². The summed E-state index contributed by atoms with van der Waals surface area (Å²) < 4.78 is 0. The van der Waals surface area contributed by atoms with Crippen LogP contribution in [-0.4, -0.2) is 73.2 Å². The molecular weight excluding hydrogens is 452 g/mol. The highest BCUT2D eigenvalue weighted by Crippen LogP contribution is 2.16. The van der Waals surface area contributed by atoms with Gasteiger partial charge in [0.2, 0.25) is 18.2 Å². The van der Waals surface area contributed by atoms with Gasteiger partial charge in [0.25, 0.3) is 6.47 Å². The molecule has 1 unspecified atom stereocenters. The molecule has 0 saturated carbocycles. The molecule has 0 bridgehead atoms. The molecule has 1 saturated heterocycles. The lowest BCUT2D eigenvalue weighted by molar-refractivity contribution is -0.126. The number of aryl methyl sites for hydroxylation is 1. The largest absolute Gasteiger partial charge is 0.483 e. The van der Waals surface area contributed by atoms with Gasteiger partial charge in [0, 0.05) is 25.0 Å². The molecule has 1 aromatic carbocycles. The first kappa shape index (κ1) is 36.0. The summed E-state index contributed by atoms with van der Waals surface area (Å²) in [6.07, 6.45) is 6.00. The van der Waals surface area contributed by atoms with Gasteiger partial charge in [-0.1, -0.05) is 42.5 Å². The number of benzene rings is 1. The Labute approximate surface area is 208 Å². The van der Waals surface area contributed by atoms with Crippen LogP contribution < -0.4 is 16.4 Å². The van der Waals surface area contributed by atoms with E-state index in [4.69, 9.17) is 9.90 Å². The maximum atomic E-state index is 11.0. The molecule has 1 aliphatic heterocycles. The molecule has 0 aliphatic carbocycles. The van der Waals surface area contributed by atoms with Crippen LogP contribution in [0.1, 0.15) is 45.1 Å². The van der Waals surface area contributed by atoms with E-state index in [2.05, 4.69) is 48.9 Å². The Morgan fingerprint density at radius 1 is 1.23 bits per heavy atom. The monoisotopic (exact) mass is 494 g/mol. The lowest BCUT2D eigenvalue weighted by atomic mass is 10.2. The zero-order valence-electron chi connectivity index (χ0n) is 21.3. The molecule has 0 aromatic heterocycles. The van der Waals surface area contributed by atoms with Gasteiger partial charge in [0.15, 0.2) is 0 Å². The SMILES string of the molecule is C=CC(=O)N1CCC[C@@H]1C.CC(CCC=O)NC(=O)CNC=O.CN.Cc1ccccc1.O=CO. The van der Waals surface area contributed by atoms with Crippen molar-refractivity contribution in [2.45, 2.75) is 58.5 Å². The van der Waals surface area contributed by atoms with Crippen LogP contribution in [0.3, 0.4) is 0 Å². The summed E-state index contributed by atoms with van der Waals surface area (Å²) in [5.74, 6) is -0.171. The summed E-state index contributed by atoms with van der Waals surface area (Å²) in [5, 5.41) is 11.8. The Hall–Kier alpha value is -3.53. The summed E-state index contributed by atoms with van der Waals surface area (Å²) >= 11 is 0.